The molecule has 4 aromatic rings. The summed E-state index contributed by atoms with van der Waals surface area (Å²) in [6.07, 6.45) is 4.28. The van der Waals surface area contributed by atoms with Gasteiger partial charge < -0.3 is 19.9 Å². The van der Waals surface area contributed by atoms with E-state index < -0.39 is 0 Å². The van der Waals surface area contributed by atoms with Crippen LogP contribution >= 0.6 is 0 Å². The highest BCUT2D eigenvalue weighted by atomic mass is 16.5. The Labute approximate surface area is 207 Å². The van der Waals surface area contributed by atoms with Crippen LogP contribution in [0, 0.1) is 0 Å². The lowest BCUT2D eigenvalue weighted by molar-refractivity contribution is 0.186. The quantitative estimate of drug-likeness (QED) is 0.369. The van der Waals surface area contributed by atoms with Crippen molar-refractivity contribution in [1.82, 2.24) is 19.5 Å². The van der Waals surface area contributed by atoms with Crippen molar-refractivity contribution >= 4 is 22.8 Å². The zero-order valence-corrected chi connectivity index (χ0v) is 20.8. The van der Waals surface area contributed by atoms with Crippen molar-refractivity contribution in [2.24, 2.45) is 0 Å². The summed E-state index contributed by atoms with van der Waals surface area (Å²) < 4.78 is 7.46. The Morgan fingerprint density at radius 3 is 2.43 bits per heavy atom. The van der Waals surface area contributed by atoms with Crippen molar-refractivity contribution in [2.45, 2.75) is 32.7 Å². The Balaban J connectivity index is 1.29. The SMILES string of the molecule is CCN(CC)C1CCN(c2ccc(Nc3ncc4ccc(-c5ccccc5OC)n4n3)cc2)CC1. The minimum atomic E-state index is 0.553. The number of fused-ring (bicyclic) bond motifs is 1. The van der Waals surface area contributed by atoms with Gasteiger partial charge in [-0.1, -0.05) is 26.0 Å². The second kappa shape index (κ2) is 10.4. The van der Waals surface area contributed by atoms with Gasteiger partial charge in [-0.3, -0.25) is 0 Å². The zero-order valence-electron chi connectivity index (χ0n) is 20.8. The first-order chi connectivity index (χ1) is 17.2. The average Bonchev–Trinajstić information content (AvgIpc) is 3.33. The number of ether oxygens (including phenoxy) is 1. The molecule has 182 valence electrons. The third-order valence-corrected chi connectivity index (χ3v) is 7.06. The van der Waals surface area contributed by atoms with E-state index in [1.165, 1.54) is 18.5 Å². The van der Waals surface area contributed by atoms with Gasteiger partial charge in [0, 0.05) is 36.1 Å². The van der Waals surface area contributed by atoms with Gasteiger partial charge in [-0.15, -0.1) is 5.10 Å². The third-order valence-electron chi connectivity index (χ3n) is 7.06. The van der Waals surface area contributed by atoms with E-state index in [0.717, 1.165) is 54.4 Å². The molecule has 1 N–H and O–H groups in total. The molecule has 2 aromatic carbocycles. The Bertz CT molecular complexity index is 1260. The molecule has 0 aliphatic carbocycles. The largest absolute Gasteiger partial charge is 0.496 e. The minimum Gasteiger partial charge on any atom is -0.496 e. The number of methoxy groups -OCH3 is 1. The summed E-state index contributed by atoms with van der Waals surface area (Å²) in [6.45, 7) is 9.01. The number of aromatic nitrogens is 3. The number of rotatable bonds is 8. The number of nitrogens with zero attached hydrogens (tertiary/aromatic N) is 5. The van der Waals surface area contributed by atoms with E-state index in [0.29, 0.717) is 12.0 Å². The molecule has 0 unspecified atom stereocenters. The second-order valence-corrected chi connectivity index (χ2v) is 8.95. The van der Waals surface area contributed by atoms with Gasteiger partial charge in [-0.2, -0.15) is 0 Å². The van der Waals surface area contributed by atoms with Gasteiger partial charge >= 0.3 is 0 Å². The molecule has 0 amide bonds. The fourth-order valence-corrected chi connectivity index (χ4v) is 5.13. The highest BCUT2D eigenvalue weighted by Crippen LogP contribution is 2.31. The van der Waals surface area contributed by atoms with Gasteiger partial charge in [-0.05, 0) is 74.5 Å². The summed E-state index contributed by atoms with van der Waals surface area (Å²) in [7, 11) is 1.69. The van der Waals surface area contributed by atoms with Crippen LogP contribution in [-0.4, -0.2) is 58.8 Å². The summed E-state index contributed by atoms with van der Waals surface area (Å²) in [6, 6.07) is 21.3. The molecule has 1 aliphatic rings. The van der Waals surface area contributed by atoms with Gasteiger partial charge in [0.15, 0.2) is 0 Å². The molecule has 7 nitrogen and oxygen atoms in total. The predicted molar refractivity (Wildman–Crippen MR) is 143 cm³/mol. The maximum absolute atomic E-state index is 5.56. The van der Waals surface area contributed by atoms with Crippen LogP contribution in [0.3, 0.4) is 0 Å². The molecule has 1 fully saturated rings. The minimum absolute atomic E-state index is 0.553. The lowest BCUT2D eigenvalue weighted by Crippen LogP contribution is -2.44. The smallest absolute Gasteiger partial charge is 0.245 e. The molecule has 2 aromatic heterocycles. The standard InChI is InChI=1S/C28H34N6O/c1-4-32(5-2)23-16-18-33(19-17-23)22-12-10-21(11-13-22)30-28-29-20-24-14-15-26(34(24)31-28)25-8-6-7-9-27(25)35-3/h6-15,20,23H,4-5,16-19H2,1-3H3,(H,30,31). The highest BCUT2D eigenvalue weighted by Gasteiger charge is 2.23. The first-order valence-electron chi connectivity index (χ1n) is 12.5. The monoisotopic (exact) mass is 470 g/mol. The number of hydrogen-bond acceptors (Lipinski definition) is 6. The van der Waals surface area contributed by atoms with Crippen LogP contribution in [-0.2, 0) is 0 Å². The van der Waals surface area contributed by atoms with E-state index in [9.17, 15) is 0 Å². The molecule has 3 heterocycles. The Kier molecular flexibility index (Phi) is 6.86. The molecule has 7 heteroatoms. The van der Waals surface area contributed by atoms with E-state index in [1.807, 2.05) is 47.1 Å². The Hall–Kier alpha value is -3.58. The molecule has 5 rings (SSSR count). The number of nitrogens with one attached hydrogen (secondary N) is 1. The lowest BCUT2D eigenvalue weighted by atomic mass is 10.0. The fourth-order valence-electron chi connectivity index (χ4n) is 5.13. The second-order valence-electron chi connectivity index (χ2n) is 8.95. The molecule has 0 spiro atoms. The van der Waals surface area contributed by atoms with Crippen molar-refractivity contribution < 1.29 is 4.74 Å². The maximum atomic E-state index is 5.56. The summed E-state index contributed by atoms with van der Waals surface area (Å²) in [5.41, 5.74) is 5.13. The molecular formula is C28H34N6O. The Morgan fingerprint density at radius 1 is 0.971 bits per heavy atom. The van der Waals surface area contributed by atoms with Crippen molar-refractivity contribution in [3.63, 3.8) is 0 Å². The van der Waals surface area contributed by atoms with Crippen LogP contribution in [0.25, 0.3) is 16.8 Å². The van der Waals surface area contributed by atoms with Crippen molar-refractivity contribution in [2.75, 3.05) is 43.5 Å². The number of anilines is 3. The number of hydrogen-bond donors (Lipinski definition) is 1. The number of para-hydroxylation sites is 1. The molecule has 1 aliphatic heterocycles. The number of benzene rings is 2. The van der Waals surface area contributed by atoms with Crippen LogP contribution in [0.15, 0.2) is 66.9 Å². The average molecular weight is 471 g/mol. The van der Waals surface area contributed by atoms with Gasteiger partial charge in [-0.25, -0.2) is 9.50 Å². The molecule has 0 saturated carbocycles. The zero-order chi connectivity index (χ0) is 24.2. The summed E-state index contributed by atoms with van der Waals surface area (Å²) in [5.74, 6) is 1.37. The van der Waals surface area contributed by atoms with Crippen molar-refractivity contribution in [1.29, 1.82) is 0 Å². The first kappa shape index (κ1) is 23.2. The van der Waals surface area contributed by atoms with Crippen LogP contribution in [0.1, 0.15) is 26.7 Å². The van der Waals surface area contributed by atoms with Crippen molar-refractivity contribution in [3.05, 3.63) is 66.9 Å². The van der Waals surface area contributed by atoms with Crippen molar-refractivity contribution in [3.8, 4) is 17.0 Å². The van der Waals surface area contributed by atoms with Crippen LogP contribution in [0.5, 0.6) is 5.75 Å². The van der Waals surface area contributed by atoms with Crippen LogP contribution in [0.2, 0.25) is 0 Å². The lowest BCUT2D eigenvalue weighted by Gasteiger charge is -2.38. The summed E-state index contributed by atoms with van der Waals surface area (Å²) in [5, 5.41) is 8.12. The van der Waals surface area contributed by atoms with Gasteiger partial charge in [0.25, 0.3) is 0 Å². The van der Waals surface area contributed by atoms with E-state index in [2.05, 4.69) is 58.2 Å². The van der Waals surface area contributed by atoms with Crippen LogP contribution < -0.4 is 15.0 Å². The summed E-state index contributed by atoms with van der Waals surface area (Å²) >= 11 is 0. The highest BCUT2D eigenvalue weighted by molar-refractivity contribution is 5.72. The van der Waals surface area contributed by atoms with E-state index in [4.69, 9.17) is 9.84 Å². The maximum Gasteiger partial charge on any atom is 0.245 e. The molecule has 0 radical (unpaired) electrons. The normalized spacial score (nSPS) is 14.6. The molecule has 0 bridgehead atoms. The fraction of sp³-hybridized carbons (Fsp3) is 0.357. The first-order valence-corrected chi connectivity index (χ1v) is 12.5. The Morgan fingerprint density at radius 2 is 1.71 bits per heavy atom. The summed E-state index contributed by atoms with van der Waals surface area (Å²) in [4.78, 5) is 9.60. The van der Waals surface area contributed by atoms with E-state index in [1.54, 1.807) is 7.11 Å². The van der Waals surface area contributed by atoms with Gasteiger partial charge in [0.05, 0.1) is 24.5 Å². The molecule has 35 heavy (non-hydrogen) atoms. The number of piperidine rings is 1. The topological polar surface area (TPSA) is 57.9 Å². The molecule has 0 atom stereocenters. The van der Waals surface area contributed by atoms with Gasteiger partial charge in [0.1, 0.15) is 5.75 Å². The van der Waals surface area contributed by atoms with E-state index in [-0.39, 0.29) is 0 Å². The third kappa shape index (κ3) is 4.82. The predicted octanol–water partition coefficient (Wildman–Crippen LogP) is 5.46. The molecular weight excluding hydrogens is 436 g/mol. The van der Waals surface area contributed by atoms with Gasteiger partial charge in [0.2, 0.25) is 5.95 Å². The van der Waals surface area contributed by atoms with Crippen LogP contribution in [0.4, 0.5) is 17.3 Å². The molecule has 1 saturated heterocycles. The van der Waals surface area contributed by atoms with E-state index >= 15 is 0 Å².